The summed E-state index contributed by atoms with van der Waals surface area (Å²) in [4.78, 5) is 44.6. The monoisotopic (exact) mass is 439 g/mol. The third-order valence-electron chi connectivity index (χ3n) is 3.58. The van der Waals surface area contributed by atoms with Crippen molar-refractivity contribution in [3.8, 4) is 0 Å². The van der Waals surface area contributed by atoms with Gasteiger partial charge in [-0.2, -0.15) is 13.2 Å². The summed E-state index contributed by atoms with van der Waals surface area (Å²) in [5, 5.41) is 29.6. The number of rotatable bonds is 2. The number of carboxylic acids is 4. The number of hydrogen-bond donors (Lipinski definition) is 4. The molecule has 0 saturated carbocycles. The lowest BCUT2D eigenvalue weighted by molar-refractivity contribution is -0.159. The maximum Gasteiger partial charge on any atom is 0.417 e. The number of alkyl halides is 3. The summed E-state index contributed by atoms with van der Waals surface area (Å²) in [6.45, 7) is 6.59. The van der Waals surface area contributed by atoms with Crippen LogP contribution in [-0.4, -0.2) is 86.9 Å². The van der Waals surface area contributed by atoms with Gasteiger partial charge in [0.15, 0.2) is 0 Å². The van der Waals surface area contributed by atoms with Gasteiger partial charge in [-0.1, -0.05) is 6.92 Å². The molecule has 14 heteroatoms. The number of pyridine rings is 1. The van der Waals surface area contributed by atoms with Crippen LogP contribution in [0, 0.1) is 0 Å². The number of nitrogens with zero attached hydrogens (tertiary/aromatic N) is 3. The van der Waals surface area contributed by atoms with E-state index in [0.29, 0.717) is 5.82 Å². The summed E-state index contributed by atoms with van der Waals surface area (Å²) in [6, 6.07) is 2.54. The Hall–Kier alpha value is -3.42. The highest BCUT2D eigenvalue weighted by Gasteiger charge is 2.31. The smallest absolute Gasteiger partial charge is 0.417 e. The molecular formula is C16H20F3N3O8. The standard InChI is InChI=1S/C12H16F3N3.2C2H2O4/c1-2-17-5-7-18(8-6-17)11-4-3-10(9-16-11)12(13,14)15;2*3-1(4)2(5)6/h3-4,9H,2,5-8H2,1H3;2*(H,3,4)(H,5,6). The third kappa shape index (κ3) is 10.2. The van der Waals surface area contributed by atoms with Gasteiger partial charge in [0.1, 0.15) is 5.82 Å². The highest BCUT2D eigenvalue weighted by Crippen LogP contribution is 2.29. The molecule has 0 atom stereocenters. The van der Waals surface area contributed by atoms with Gasteiger partial charge in [-0.3, -0.25) is 0 Å². The third-order valence-corrected chi connectivity index (χ3v) is 3.58. The second kappa shape index (κ2) is 12.2. The Labute approximate surface area is 168 Å². The first kappa shape index (κ1) is 26.6. The highest BCUT2D eigenvalue weighted by molar-refractivity contribution is 6.27. The van der Waals surface area contributed by atoms with E-state index in [-0.39, 0.29) is 0 Å². The molecular weight excluding hydrogens is 419 g/mol. The zero-order chi connectivity index (χ0) is 23.5. The van der Waals surface area contributed by atoms with Crippen molar-refractivity contribution in [1.82, 2.24) is 9.88 Å². The summed E-state index contributed by atoms with van der Waals surface area (Å²) in [5.41, 5.74) is -0.696. The van der Waals surface area contributed by atoms with Crippen LogP contribution in [0.5, 0.6) is 0 Å². The molecule has 168 valence electrons. The molecule has 0 bridgehead atoms. The molecule has 0 spiro atoms. The lowest BCUT2D eigenvalue weighted by Crippen LogP contribution is -2.46. The van der Waals surface area contributed by atoms with Crippen LogP contribution in [0.25, 0.3) is 0 Å². The molecule has 0 aliphatic carbocycles. The number of halogens is 3. The van der Waals surface area contributed by atoms with Crippen LogP contribution in [0.1, 0.15) is 12.5 Å². The molecule has 2 heterocycles. The van der Waals surface area contributed by atoms with Gasteiger partial charge in [0.25, 0.3) is 0 Å². The summed E-state index contributed by atoms with van der Waals surface area (Å²) >= 11 is 0. The van der Waals surface area contributed by atoms with Gasteiger partial charge in [-0.05, 0) is 18.7 Å². The minimum absolute atomic E-state index is 0.624. The zero-order valence-electron chi connectivity index (χ0n) is 15.7. The Bertz CT molecular complexity index is 684. The van der Waals surface area contributed by atoms with E-state index in [1.165, 1.54) is 6.07 Å². The molecule has 1 aliphatic rings. The molecule has 0 amide bonds. The van der Waals surface area contributed by atoms with Crippen molar-refractivity contribution in [2.75, 3.05) is 37.6 Å². The molecule has 1 aromatic heterocycles. The van der Waals surface area contributed by atoms with Gasteiger partial charge in [-0.25, -0.2) is 24.2 Å². The Morgan fingerprint density at radius 2 is 1.33 bits per heavy atom. The molecule has 0 radical (unpaired) electrons. The van der Waals surface area contributed by atoms with Crippen molar-refractivity contribution in [3.05, 3.63) is 23.9 Å². The van der Waals surface area contributed by atoms with E-state index in [1.54, 1.807) is 0 Å². The Kier molecular flexibility index (Phi) is 10.8. The first-order chi connectivity index (χ1) is 13.8. The summed E-state index contributed by atoms with van der Waals surface area (Å²) in [5.74, 6) is -6.67. The lowest BCUT2D eigenvalue weighted by atomic mass is 10.2. The fraction of sp³-hybridized carbons (Fsp3) is 0.438. The molecule has 11 nitrogen and oxygen atoms in total. The first-order valence-electron chi connectivity index (χ1n) is 8.22. The summed E-state index contributed by atoms with van der Waals surface area (Å²) < 4.78 is 37.2. The lowest BCUT2D eigenvalue weighted by Gasteiger charge is -2.34. The van der Waals surface area contributed by atoms with E-state index in [0.717, 1.165) is 45.0 Å². The minimum Gasteiger partial charge on any atom is -0.473 e. The van der Waals surface area contributed by atoms with Gasteiger partial charge in [0, 0.05) is 32.4 Å². The predicted octanol–water partition coefficient (Wildman–Crippen LogP) is 0.554. The quantitative estimate of drug-likeness (QED) is 0.475. The predicted molar refractivity (Wildman–Crippen MR) is 94.1 cm³/mol. The molecule has 1 saturated heterocycles. The van der Waals surface area contributed by atoms with Crippen molar-refractivity contribution < 1.29 is 52.8 Å². The summed E-state index contributed by atoms with van der Waals surface area (Å²) in [6.07, 6.45) is -3.41. The van der Waals surface area contributed by atoms with E-state index in [9.17, 15) is 13.2 Å². The van der Waals surface area contributed by atoms with Crippen LogP contribution in [0.4, 0.5) is 19.0 Å². The van der Waals surface area contributed by atoms with Gasteiger partial charge in [0.2, 0.25) is 0 Å². The molecule has 4 N–H and O–H groups in total. The SMILES string of the molecule is CCN1CCN(c2ccc(C(F)(F)F)cn2)CC1.O=C(O)C(=O)O.O=C(O)C(=O)O. The van der Waals surface area contributed by atoms with Crippen molar-refractivity contribution in [2.24, 2.45) is 0 Å². The number of piperazine rings is 1. The van der Waals surface area contributed by atoms with E-state index in [1.807, 2.05) is 4.90 Å². The first-order valence-corrected chi connectivity index (χ1v) is 8.22. The van der Waals surface area contributed by atoms with Crippen LogP contribution in [0.3, 0.4) is 0 Å². The van der Waals surface area contributed by atoms with Crippen LogP contribution < -0.4 is 4.90 Å². The number of likely N-dealkylation sites (N-methyl/N-ethyl adjacent to an activating group) is 1. The number of hydrogen-bond acceptors (Lipinski definition) is 7. The zero-order valence-corrected chi connectivity index (χ0v) is 15.7. The van der Waals surface area contributed by atoms with E-state index in [4.69, 9.17) is 39.6 Å². The van der Waals surface area contributed by atoms with Crippen LogP contribution >= 0.6 is 0 Å². The van der Waals surface area contributed by atoms with Gasteiger partial charge in [-0.15, -0.1) is 0 Å². The largest absolute Gasteiger partial charge is 0.473 e. The van der Waals surface area contributed by atoms with Crippen LogP contribution in [0.15, 0.2) is 18.3 Å². The molecule has 1 aromatic rings. The maximum absolute atomic E-state index is 12.4. The molecule has 30 heavy (non-hydrogen) atoms. The average molecular weight is 439 g/mol. The minimum atomic E-state index is -4.31. The van der Waals surface area contributed by atoms with Crippen molar-refractivity contribution in [1.29, 1.82) is 0 Å². The molecule has 0 aromatic carbocycles. The highest BCUT2D eigenvalue weighted by atomic mass is 19.4. The Morgan fingerprint density at radius 1 is 0.900 bits per heavy atom. The average Bonchev–Trinajstić information content (AvgIpc) is 2.68. The van der Waals surface area contributed by atoms with Gasteiger partial charge < -0.3 is 30.2 Å². The van der Waals surface area contributed by atoms with Crippen molar-refractivity contribution >= 4 is 29.7 Å². The Balaban J connectivity index is 0.000000580. The number of carbonyl (C=O) groups is 4. The van der Waals surface area contributed by atoms with E-state index >= 15 is 0 Å². The van der Waals surface area contributed by atoms with Crippen LogP contribution in [-0.2, 0) is 25.4 Å². The topological polar surface area (TPSA) is 169 Å². The molecule has 2 rings (SSSR count). The van der Waals surface area contributed by atoms with Crippen LogP contribution in [0.2, 0.25) is 0 Å². The maximum atomic E-state index is 12.4. The normalized spacial score (nSPS) is 13.8. The van der Waals surface area contributed by atoms with Gasteiger partial charge in [0.05, 0.1) is 5.56 Å². The fourth-order valence-corrected chi connectivity index (χ4v) is 2.03. The summed E-state index contributed by atoms with van der Waals surface area (Å²) in [7, 11) is 0. The van der Waals surface area contributed by atoms with Gasteiger partial charge >= 0.3 is 30.1 Å². The molecule has 0 unspecified atom stereocenters. The second-order valence-electron chi connectivity index (χ2n) is 5.54. The molecule has 1 aliphatic heterocycles. The van der Waals surface area contributed by atoms with Crippen molar-refractivity contribution in [2.45, 2.75) is 13.1 Å². The molecule has 1 fully saturated rings. The van der Waals surface area contributed by atoms with Crippen molar-refractivity contribution in [3.63, 3.8) is 0 Å². The van der Waals surface area contributed by atoms with E-state index < -0.39 is 35.6 Å². The number of aliphatic carboxylic acids is 4. The van der Waals surface area contributed by atoms with E-state index in [2.05, 4.69) is 16.8 Å². The fourth-order valence-electron chi connectivity index (χ4n) is 2.03. The number of anilines is 1. The Morgan fingerprint density at radius 3 is 1.60 bits per heavy atom. The number of carboxylic acid groups (broad SMARTS) is 4. The second-order valence-corrected chi connectivity index (χ2v) is 5.54. The number of aromatic nitrogens is 1.